The zero-order valence-electron chi connectivity index (χ0n) is 29.6. The standard InChI is InChI=1S/C22H24Cl2N2O.C21H22Cl2N2/c23-19-5-3-6-20(24)22(19)16-8-10-25(11-9-16)15-18-14-17-4-1-2-7-21(17)26(18)12-13-27;1-24-17(13-16-5-2-3-8-20(16)24)14-25-11-9-15(10-12-25)21-18(22)6-4-7-19(21)23/h1-7,14,16,27H,8-13,15H2;2-8,13,15H,9-12,14H2,1H3. The van der Waals surface area contributed by atoms with Gasteiger partial charge in [0.15, 0.2) is 0 Å². The number of hydrogen-bond acceptors (Lipinski definition) is 3. The topological polar surface area (TPSA) is 36.6 Å². The quantitative estimate of drug-likeness (QED) is 0.167. The number of aliphatic hydroxyl groups excluding tert-OH is 1. The Balaban J connectivity index is 0.000000162. The van der Waals surface area contributed by atoms with Crippen LogP contribution in [0.5, 0.6) is 0 Å². The van der Waals surface area contributed by atoms with Gasteiger partial charge in [-0.1, -0.05) is 94.9 Å². The van der Waals surface area contributed by atoms with Crippen LogP contribution in [0.3, 0.4) is 0 Å². The molecule has 9 heteroatoms. The Bertz CT molecular complexity index is 2080. The number of aromatic nitrogens is 2. The van der Waals surface area contributed by atoms with Gasteiger partial charge in [-0.05, 0) is 134 Å². The molecule has 0 atom stereocenters. The van der Waals surface area contributed by atoms with Crippen molar-refractivity contribution in [2.45, 2.75) is 57.2 Å². The molecule has 272 valence electrons. The third-order valence-electron chi connectivity index (χ3n) is 11.0. The molecule has 0 aliphatic carbocycles. The summed E-state index contributed by atoms with van der Waals surface area (Å²) in [6.45, 7) is 6.88. The second-order valence-electron chi connectivity index (χ2n) is 14.2. The highest BCUT2D eigenvalue weighted by molar-refractivity contribution is 6.36. The van der Waals surface area contributed by atoms with Crippen LogP contribution < -0.4 is 0 Å². The number of aryl methyl sites for hydroxylation is 1. The number of rotatable bonds is 8. The van der Waals surface area contributed by atoms with Gasteiger partial charge in [-0.15, -0.1) is 0 Å². The SMILES string of the molecule is Cn1c(CN2CCC(c3c(Cl)cccc3Cl)CC2)cc2ccccc21.OCCn1c(CN2CCC(c3c(Cl)cccc3Cl)CC2)cc2ccccc21. The Morgan fingerprint density at radius 3 is 1.46 bits per heavy atom. The molecule has 52 heavy (non-hydrogen) atoms. The second-order valence-corrected chi connectivity index (χ2v) is 15.8. The molecule has 5 nitrogen and oxygen atoms in total. The number of para-hydroxylation sites is 2. The highest BCUT2D eigenvalue weighted by Crippen LogP contribution is 2.39. The van der Waals surface area contributed by atoms with Crippen LogP contribution in [0, 0.1) is 0 Å². The third-order valence-corrected chi connectivity index (χ3v) is 12.4. The van der Waals surface area contributed by atoms with Crippen LogP contribution in [0.2, 0.25) is 20.1 Å². The summed E-state index contributed by atoms with van der Waals surface area (Å²) in [7, 11) is 2.16. The highest BCUT2D eigenvalue weighted by Gasteiger charge is 2.26. The van der Waals surface area contributed by atoms with E-state index in [1.807, 2.05) is 36.4 Å². The van der Waals surface area contributed by atoms with Crippen LogP contribution in [-0.2, 0) is 26.7 Å². The minimum absolute atomic E-state index is 0.152. The molecule has 6 aromatic rings. The second kappa shape index (κ2) is 17.0. The van der Waals surface area contributed by atoms with Gasteiger partial charge in [0, 0.05) is 69.2 Å². The zero-order valence-corrected chi connectivity index (χ0v) is 32.6. The lowest BCUT2D eigenvalue weighted by Crippen LogP contribution is -2.33. The number of aliphatic hydroxyl groups is 1. The van der Waals surface area contributed by atoms with E-state index in [-0.39, 0.29) is 6.61 Å². The molecule has 0 bridgehead atoms. The van der Waals surface area contributed by atoms with Gasteiger partial charge in [0.1, 0.15) is 0 Å². The lowest BCUT2D eigenvalue weighted by Gasteiger charge is -2.33. The number of piperidine rings is 2. The minimum atomic E-state index is 0.152. The van der Waals surface area contributed by atoms with Gasteiger partial charge in [0.05, 0.1) is 6.61 Å². The fourth-order valence-corrected chi connectivity index (χ4v) is 9.69. The molecular formula is C43H46Cl4N4O. The number of hydrogen-bond donors (Lipinski definition) is 1. The maximum Gasteiger partial charge on any atom is 0.0610 e. The first-order valence-electron chi connectivity index (χ1n) is 18.3. The van der Waals surface area contributed by atoms with Crippen molar-refractivity contribution in [1.82, 2.24) is 18.9 Å². The largest absolute Gasteiger partial charge is 0.395 e. The average molecular weight is 777 g/mol. The van der Waals surface area contributed by atoms with Crippen molar-refractivity contribution in [2.75, 3.05) is 32.8 Å². The molecule has 0 unspecified atom stereocenters. The van der Waals surface area contributed by atoms with Crippen LogP contribution in [-0.4, -0.2) is 56.8 Å². The molecular weight excluding hydrogens is 730 g/mol. The van der Waals surface area contributed by atoms with Crippen molar-refractivity contribution in [1.29, 1.82) is 0 Å². The summed E-state index contributed by atoms with van der Waals surface area (Å²) in [6, 6.07) is 33.1. The monoisotopic (exact) mass is 774 g/mol. The van der Waals surface area contributed by atoms with Crippen LogP contribution >= 0.6 is 46.4 Å². The van der Waals surface area contributed by atoms with Crippen LogP contribution in [0.4, 0.5) is 0 Å². The Hall–Kier alpha value is -3.00. The summed E-state index contributed by atoms with van der Waals surface area (Å²) < 4.78 is 4.55. The summed E-state index contributed by atoms with van der Waals surface area (Å²) >= 11 is 25.6. The van der Waals surface area contributed by atoms with Crippen molar-refractivity contribution < 1.29 is 5.11 Å². The summed E-state index contributed by atoms with van der Waals surface area (Å²) in [5, 5.41) is 15.2. The molecule has 0 amide bonds. The normalized spacial score (nSPS) is 16.4. The van der Waals surface area contributed by atoms with Gasteiger partial charge >= 0.3 is 0 Å². The maximum absolute atomic E-state index is 9.48. The molecule has 2 saturated heterocycles. The maximum atomic E-state index is 9.48. The molecule has 0 saturated carbocycles. The van der Waals surface area contributed by atoms with Gasteiger partial charge < -0.3 is 14.2 Å². The summed E-state index contributed by atoms with van der Waals surface area (Å²) in [6.07, 6.45) is 4.33. The van der Waals surface area contributed by atoms with E-state index in [1.54, 1.807) is 0 Å². The molecule has 2 aliphatic heterocycles. The number of benzene rings is 4. The van der Waals surface area contributed by atoms with Gasteiger partial charge in [0.25, 0.3) is 0 Å². The van der Waals surface area contributed by atoms with Crippen LogP contribution in [0.1, 0.15) is 60.0 Å². The third kappa shape index (κ3) is 8.22. The van der Waals surface area contributed by atoms with E-state index >= 15 is 0 Å². The molecule has 2 aliphatic rings. The fraction of sp³-hybridized carbons (Fsp3) is 0.349. The molecule has 8 rings (SSSR count). The van der Waals surface area contributed by atoms with E-state index in [1.165, 1.54) is 33.2 Å². The van der Waals surface area contributed by atoms with Gasteiger partial charge in [-0.3, -0.25) is 9.80 Å². The smallest absolute Gasteiger partial charge is 0.0610 e. The summed E-state index contributed by atoms with van der Waals surface area (Å²) in [5.41, 5.74) is 7.37. The lowest BCUT2D eigenvalue weighted by atomic mass is 9.89. The first kappa shape index (κ1) is 37.3. The lowest BCUT2D eigenvalue weighted by molar-refractivity contribution is 0.198. The average Bonchev–Trinajstić information content (AvgIpc) is 3.65. The van der Waals surface area contributed by atoms with E-state index in [0.717, 1.165) is 96.2 Å². The number of fused-ring (bicyclic) bond motifs is 2. The summed E-state index contributed by atoms with van der Waals surface area (Å²) in [5.74, 6) is 0.885. The number of likely N-dealkylation sites (tertiary alicyclic amines) is 2. The molecule has 2 fully saturated rings. The number of halogens is 4. The molecule has 0 spiro atoms. The molecule has 4 heterocycles. The zero-order chi connectivity index (χ0) is 36.2. The Morgan fingerprint density at radius 2 is 0.981 bits per heavy atom. The fourth-order valence-electron chi connectivity index (χ4n) is 8.28. The van der Waals surface area contributed by atoms with E-state index in [0.29, 0.717) is 18.4 Å². The van der Waals surface area contributed by atoms with E-state index < -0.39 is 0 Å². The van der Waals surface area contributed by atoms with Crippen LogP contribution in [0.15, 0.2) is 97.1 Å². The van der Waals surface area contributed by atoms with Gasteiger partial charge in [-0.2, -0.15) is 0 Å². The van der Waals surface area contributed by atoms with Crippen molar-refractivity contribution in [3.63, 3.8) is 0 Å². The van der Waals surface area contributed by atoms with Crippen molar-refractivity contribution >= 4 is 68.2 Å². The van der Waals surface area contributed by atoms with Crippen LogP contribution in [0.25, 0.3) is 21.8 Å². The Labute approximate surface area is 327 Å². The predicted molar refractivity (Wildman–Crippen MR) is 219 cm³/mol. The minimum Gasteiger partial charge on any atom is -0.395 e. The first-order chi connectivity index (χ1) is 25.3. The Morgan fingerprint density at radius 1 is 0.558 bits per heavy atom. The van der Waals surface area contributed by atoms with Gasteiger partial charge in [0.2, 0.25) is 0 Å². The van der Waals surface area contributed by atoms with E-state index in [2.05, 4.69) is 86.6 Å². The number of nitrogens with zero attached hydrogens (tertiary/aromatic N) is 4. The molecule has 1 N–H and O–H groups in total. The Kier molecular flexibility index (Phi) is 12.2. The molecule has 2 aromatic heterocycles. The van der Waals surface area contributed by atoms with Crippen molar-refractivity contribution in [2.24, 2.45) is 7.05 Å². The molecule has 0 radical (unpaired) electrons. The highest BCUT2D eigenvalue weighted by atomic mass is 35.5. The van der Waals surface area contributed by atoms with E-state index in [4.69, 9.17) is 46.4 Å². The first-order valence-corrected chi connectivity index (χ1v) is 19.9. The van der Waals surface area contributed by atoms with Crippen molar-refractivity contribution in [3.05, 3.63) is 140 Å². The molecule has 4 aromatic carbocycles. The van der Waals surface area contributed by atoms with E-state index in [9.17, 15) is 5.11 Å². The predicted octanol–water partition coefficient (Wildman–Crippen LogP) is 11.2. The van der Waals surface area contributed by atoms with Gasteiger partial charge in [-0.25, -0.2) is 0 Å². The summed E-state index contributed by atoms with van der Waals surface area (Å²) in [4.78, 5) is 5.03. The van der Waals surface area contributed by atoms with Crippen molar-refractivity contribution in [3.8, 4) is 0 Å².